The Morgan fingerprint density at radius 1 is 1.26 bits per heavy atom. The van der Waals surface area contributed by atoms with Crippen molar-refractivity contribution in [2.75, 3.05) is 12.8 Å². The van der Waals surface area contributed by atoms with Crippen LogP contribution in [0.1, 0.15) is 28.3 Å². The highest BCUT2D eigenvalue weighted by Gasteiger charge is 2.22. The van der Waals surface area contributed by atoms with Gasteiger partial charge in [0.1, 0.15) is 0 Å². The molecule has 0 fully saturated rings. The number of thioether (sulfide) groups is 1. The highest BCUT2D eigenvalue weighted by atomic mass is 32.2. The summed E-state index contributed by atoms with van der Waals surface area (Å²) in [6.07, 6.45) is 2.47. The van der Waals surface area contributed by atoms with Crippen LogP contribution in [0.15, 0.2) is 47.4 Å². The van der Waals surface area contributed by atoms with Gasteiger partial charge in [0.25, 0.3) is 0 Å². The first-order valence-corrected chi connectivity index (χ1v) is 9.12. The van der Waals surface area contributed by atoms with Crippen LogP contribution in [0.4, 0.5) is 0 Å². The van der Waals surface area contributed by atoms with Crippen LogP contribution in [-0.4, -0.2) is 18.7 Å². The number of aryl methyl sites for hydroxylation is 1. The summed E-state index contributed by atoms with van der Waals surface area (Å²) in [5, 5.41) is 6.60. The summed E-state index contributed by atoms with van der Waals surface area (Å²) >= 11 is 1.68. The summed E-state index contributed by atoms with van der Waals surface area (Å²) < 4.78 is 0. The van der Waals surface area contributed by atoms with E-state index >= 15 is 0 Å². The van der Waals surface area contributed by atoms with Crippen LogP contribution in [0.2, 0.25) is 0 Å². The van der Waals surface area contributed by atoms with Crippen molar-refractivity contribution in [2.24, 2.45) is 0 Å². The van der Waals surface area contributed by atoms with Gasteiger partial charge in [-0.25, -0.2) is 0 Å². The second-order valence-electron chi connectivity index (χ2n) is 5.88. The first-order chi connectivity index (χ1) is 11.2. The van der Waals surface area contributed by atoms with Crippen LogP contribution >= 0.6 is 11.8 Å². The fourth-order valence-corrected chi connectivity index (χ4v) is 3.76. The third-order valence-electron chi connectivity index (χ3n) is 4.35. The summed E-state index contributed by atoms with van der Waals surface area (Å²) in [7, 11) is 0. The lowest BCUT2D eigenvalue weighted by Gasteiger charge is -2.28. The number of hydrogen-bond donors (Lipinski definition) is 2. The number of nitrogens with one attached hydrogen (secondary N) is 2. The second kappa shape index (κ2) is 7.20. The minimum absolute atomic E-state index is 0.0487. The summed E-state index contributed by atoms with van der Waals surface area (Å²) in [6, 6.07) is 14.5. The van der Waals surface area contributed by atoms with Gasteiger partial charge >= 0.3 is 0 Å². The van der Waals surface area contributed by atoms with E-state index in [9.17, 15) is 4.79 Å². The van der Waals surface area contributed by atoms with Crippen LogP contribution in [0.25, 0.3) is 0 Å². The van der Waals surface area contributed by atoms with Crippen LogP contribution in [-0.2, 0) is 17.8 Å². The van der Waals surface area contributed by atoms with Crippen LogP contribution in [0, 0.1) is 6.92 Å². The van der Waals surface area contributed by atoms with Gasteiger partial charge in [0.2, 0.25) is 5.91 Å². The van der Waals surface area contributed by atoms with E-state index in [1.807, 2.05) is 24.5 Å². The normalized spacial score (nSPS) is 16.7. The Morgan fingerprint density at radius 2 is 2.09 bits per heavy atom. The minimum Gasteiger partial charge on any atom is -0.348 e. The fraction of sp³-hybridized carbons (Fsp3) is 0.316. The lowest BCUT2D eigenvalue weighted by Crippen LogP contribution is -2.40. The Bertz CT molecular complexity index is 714. The van der Waals surface area contributed by atoms with Crippen LogP contribution in [0.3, 0.4) is 0 Å². The maximum Gasteiger partial charge on any atom is 0.224 e. The van der Waals surface area contributed by atoms with Gasteiger partial charge in [-0.15, -0.1) is 11.8 Å². The van der Waals surface area contributed by atoms with Crippen molar-refractivity contribution in [1.29, 1.82) is 0 Å². The topological polar surface area (TPSA) is 41.1 Å². The van der Waals surface area contributed by atoms with Crippen molar-refractivity contribution in [3.05, 3.63) is 64.7 Å². The molecule has 3 rings (SSSR count). The van der Waals surface area contributed by atoms with E-state index in [-0.39, 0.29) is 11.9 Å². The van der Waals surface area contributed by atoms with Gasteiger partial charge in [-0.3, -0.25) is 4.79 Å². The van der Waals surface area contributed by atoms with E-state index in [0.717, 1.165) is 18.7 Å². The molecule has 0 saturated heterocycles. The van der Waals surface area contributed by atoms with E-state index in [1.165, 1.54) is 21.6 Å². The largest absolute Gasteiger partial charge is 0.348 e. The molecule has 0 saturated carbocycles. The van der Waals surface area contributed by atoms with E-state index < -0.39 is 0 Å². The molecule has 0 bridgehead atoms. The smallest absolute Gasteiger partial charge is 0.224 e. The van der Waals surface area contributed by atoms with E-state index in [2.05, 4.69) is 41.8 Å². The molecule has 1 aliphatic heterocycles. The third-order valence-corrected chi connectivity index (χ3v) is 5.19. The molecular formula is C19H22N2OS. The van der Waals surface area contributed by atoms with Crippen LogP contribution in [0.5, 0.6) is 0 Å². The average molecular weight is 326 g/mol. The van der Waals surface area contributed by atoms with Gasteiger partial charge < -0.3 is 10.6 Å². The molecule has 0 aromatic heterocycles. The van der Waals surface area contributed by atoms with Gasteiger partial charge in [-0.2, -0.15) is 0 Å². The van der Waals surface area contributed by atoms with Crippen molar-refractivity contribution in [2.45, 2.75) is 30.8 Å². The average Bonchev–Trinajstić information content (AvgIpc) is 2.56. The minimum atomic E-state index is 0.0487. The highest BCUT2D eigenvalue weighted by Crippen LogP contribution is 2.25. The quantitative estimate of drug-likeness (QED) is 0.848. The maximum absolute atomic E-state index is 12.5. The number of benzene rings is 2. The predicted molar refractivity (Wildman–Crippen MR) is 95.7 cm³/mol. The summed E-state index contributed by atoms with van der Waals surface area (Å²) in [6.45, 7) is 3.79. The lowest BCUT2D eigenvalue weighted by molar-refractivity contribution is -0.121. The summed E-state index contributed by atoms with van der Waals surface area (Å²) in [5.41, 5.74) is 4.93. The fourth-order valence-electron chi connectivity index (χ4n) is 3.14. The Kier molecular flexibility index (Phi) is 5.03. The van der Waals surface area contributed by atoms with E-state index in [4.69, 9.17) is 0 Å². The molecule has 1 unspecified atom stereocenters. The van der Waals surface area contributed by atoms with Crippen molar-refractivity contribution >= 4 is 17.7 Å². The highest BCUT2D eigenvalue weighted by molar-refractivity contribution is 7.98. The van der Waals surface area contributed by atoms with Gasteiger partial charge in [0.05, 0.1) is 12.5 Å². The van der Waals surface area contributed by atoms with Gasteiger partial charge in [0, 0.05) is 18.0 Å². The first kappa shape index (κ1) is 16.1. The SMILES string of the molecule is CSc1ccccc1CC(=O)NC1CNCc2c(C)cccc21. The second-order valence-corrected chi connectivity index (χ2v) is 6.73. The number of rotatable bonds is 4. The Balaban J connectivity index is 1.73. The molecule has 4 heteroatoms. The molecule has 1 atom stereocenters. The van der Waals surface area contributed by atoms with Crippen molar-refractivity contribution < 1.29 is 4.79 Å². The molecule has 3 nitrogen and oxygen atoms in total. The van der Waals surface area contributed by atoms with Crippen molar-refractivity contribution in [3.8, 4) is 0 Å². The number of amides is 1. The molecule has 2 N–H and O–H groups in total. The van der Waals surface area contributed by atoms with E-state index in [0.29, 0.717) is 6.42 Å². The standard InChI is InChI=1S/C19H22N2OS/c1-13-6-5-8-15-16(13)11-20-12-17(15)21-19(22)10-14-7-3-4-9-18(14)23-2/h3-9,17,20H,10-12H2,1-2H3,(H,21,22). The Hall–Kier alpha value is -1.78. The molecule has 1 amide bonds. The molecule has 0 spiro atoms. The maximum atomic E-state index is 12.5. The van der Waals surface area contributed by atoms with Crippen LogP contribution < -0.4 is 10.6 Å². The molecule has 0 aliphatic carbocycles. The Labute approximate surface area is 141 Å². The van der Waals surface area contributed by atoms with Gasteiger partial charge in [-0.05, 0) is 41.5 Å². The number of hydrogen-bond acceptors (Lipinski definition) is 3. The zero-order valence-electron chi connectivity index (χ0n) is 13.6. The molecule has 1 heterocycles. The first-order valence-electron chi connectivity index (χ1n) is 7.89. The molecule has 23 heavy (non-hydrogen) atoms. The third kappa shape index (κ3) is 3.59. The Morgan fingerprint density at radius 3 is 2.91 bits per heavy atom. The van der Waals surface area contributed by atoms with E-state index in [1.54, 1.807) is 11.8 Å². The molecule has 120 valence electrons. The number of carbonyl (C=O) groups is 1. The van der Waals surface area contributed by atoms with Gasteiger partial charge in [0.15, 0.2) is 0 Å². The lowest BCUT2D eigenvalue weighted by atomic mass is 9.93. The number of fused-ring (bicyclic) bond motifs is 1. The van der Waals surface area contributed by atoms with Crippen molar-refractivity contribution in [3.63, 3.8) is 0 Å². The van der Waals surface area contributed by atoms with Crippen molar-refractivity contribution in [1.82, 2.24) is 10.6 Å². The zero-order chi connectivity index (χ0) is 16.2. The summed E-state index contributed by atoms with van der Waals surface area (Å²) in [4.78, 5) is 13.7. The predicted octanol–water partition coefficient (Wildman–Crippen LogP) is 3.22. The molecular weight excluding hydrogens is 304 g/mol. The molecule has 2 aromatic carbocycles. The number of carbonyl (C=O) groups excluding carboxylic acids is 1. The van der Waals surface area contributed by atoms with Gasteiger partial charge in [-0.1, -0.05) is 36.4 Å². The molecule has 2 aromatic rings. The summed E-state index contributed by atoms with van der Waals surface area (Å²) in [5.74, 6) is 0.0765. The molecule has 1 aliphatic rings. The molecule has 0 radical (unpaired) electrons. The zero-order valence-corrected chi connectivity index (χ0v) is 14.4. The monoisotopic (exact) mass is 326 g/mol.